The first-order chi connectivity index (χ1) is 35.5. The molecule has 8 aromatic carbocycles. The number of benzene rings is 8. The highest BCUT2D eigenvalue weighted by molar-refractivity contribution is 7.20. The molecule has 75 heavy (non-hydrogen) atoms. The summed E-state index contributed by atoms with van der Waals surface area (Å²) < 4.78 is 296. The molecule has 384 valence electrons. The Balaban J connectivity index is 0.000000215. The molecule has 0 aliphatic heterocycles. The molecule has 0 amide bonds. The fraction of sp³-hybridized carbons (Fsp3) is 0.0392. The van der Waals surface area contributed by atoms with E-state index in [2.05, 4.69) is 59.6 Å². The summed E-state index contributed by atoms with van der Waals surface area (Å²) in [6.45, 7) is 0.296. The summed E-state index contributed by atoms with van der Waals surface area (Å²) in [5, 5.41) is 4.92. The summed E-state index contributed by atoms with van der Waals surface area (Å²) in [6, 6.07) is 28.6. The van der Waals surface area contributed by atoms with Gasteiger partial charge < -0.3 is 0 Å². The SMILES string of the molecule is Fc1c(F)c(F)c([B-](c2c(F)c(F)c(F)c(F)c2F)(c2c(F)c(F)c(F)c(F)c2F)c2c(F)c(F)c(F)c(F)c2F)c(F)c1F.O=C(C[n+]1ccncc1Cc1c2ccccc2cc2ccccc12)c1ccccc1. The van der Waals surface area contributed by atoms with Crippen LogP contribution in [-0.4, -0.2) is 16.9 Å². The van der Waals surface area contributed by atoms with E-state index in [4.69, 9.17) is 0 Å². The molecule has 0 fully saturated rings. The van der Waals surface area contributed by atoms with Crippen LogP contribution in [0.1, 0.15) is 21.6 Å². The van der Waals surface area contributed by atoms with Gasteiger partial charge in [0.05, 0.1) is 18.8 Å². The van der Waals surface area contributed by atoms with Gasteiger partial charge in [-0.2, -0.15) is 4.57 Å². The number of ketones is 1. The van der Waals surface area contributed by atoms with E-state index in [1.807, 2.05) is 47.3 Å². The molecule has 0 bridgehead atoms. The van der Waals surface area contributed by atoms with Crippen molar-refractivity contribution in [2.45, 2.75) is 13.0 Å². The monoisotopic (exact) mass is 1070 g/mol. The number of rotatable bonds is 9. The average Bonchev–Trinajstić information content (AvgIpc) is 3.41. The van der Waals surface area contributed by atoms with E-state index >= 15 is 35.1 Å². The molecule has 9 aromatic rings. The zero-order valence-electron chi connectivity index (χ0n) is 36.7. The third-order valence-corrected chi connectivity index (χ3v) is 12.3. The molecular weight excluding hydrogens is 1050 g/mol. The summed E-state index contributed by atoms with van der Waals surface area (Å²) >= 11 is 0. The maximum atomic E-state index is 15.4. The minimum Gasteiger partial charge on any atom is -0.287 e. The van der Waals surface area contributed by atoms with Gasteiger partial charge in [-0.3, -0.25) is 9.78 Å². The summed E-state index contributed by atoms with van der Waals surface area (Å²) in [5.74, 6) is -71.3. The highest BCUT2D eigenvalue weighted by Gasteiger charge is 2.52. The minimum atomic E-state index is -7.22. The van der Waals surface area contributed by atoms with Gasteiger partial charge in [-0.25, -0.2) is 87.8 Å². The fourth-order valence-corrected chi connectivity index (χ4v) is 8.94. The summed E-state index contributed by atoms with van der Waals surface area (Å²) in [5.41, 5.74) is -11.3. The highest BCUT2D eigenvalue weighted by atomic mass is 19.2. The quantitative estimate of drug-likeness (QED) is 0.0275. The van der Waals surface area contributed by atoms with Gasteiger partial charge in [0.1, 0.15) is 52.7 Å². The molecule has 0 aliphatic carbocycles. The lowest BCUT2D eigenvalue weighted by molar-refractivity contribution is -0.690. The predicted octanol–water partition coefficient (Wildman–Crippen LogP) is 11.0. The van der Waals surface area contributed by atoms with Crippen molar-refractivity contribution in [2.24, 2.45) is 0 Å². The van der Waals surface area contributed by atoms with Crippen LogP contribution in [-0.2, 0) is 13.0 Å². The lowest BCUT2D eigenvalue weighted by Gasteiger charge is -2.44. The molecule has 0 unspecified atom stereocenters. The fourth-order valence-electron chi connectivity index (χ4n) is 8.94. The standard InChI is InChI=1S/C27H21N2O.C24BF20/c30-27(20-8-2-1-3-9-20)19-29-15-14-28-18-23(29)17-26-24-12-6-4-10-21(24)16-22-11-5-7-13-25(22)26;26-5-1(6(27)14(35)21(42)13(5)34)25(2-7(28)15(36)22(43)16(37)8(2)29,3-9(30)17(38)23(44)18(39)10(3)31)4-11(32)19(40)24(45)20(41)12(4)33/h1-16,18H,17,19H2;/q+1;-1. The van der Waals surface area contributed by atoms with Crippen LogP contribution >= 0.6 is 0 Å². The van der Waals surface area contributed by atoms with Crippen LogP contribution in [0.2, 0.25) is 0 Å². The van der Waals surface area contributed by atoms with E-state index in [0.29, 0.717) is 13.0 Å². The summed E-state index contributed by atoms with van der Waals surface area (Å²) in [6.07, 6.45) is -1.01. The van der Waals surface area contributed by atoms with Gasteiger partial charge in [0.25, 0.3) is 0 Å². The van der Waals surface area contributed by atoms with E-state index < -0.39 is 144 Å². The number of Topliss-reactive ketones (excluding diaryl/α,β-unsaturated/α-hetero) is 1. The second kappa shape index (κ2) is 20.2. The smallest absolute Gasteiger partial charge is 0.227 e. The molecule has 0 radical (unpaired) electrons. The summed E-state index contributed by atoms with van der Waals surface area (Å²) in [7, 11) is 0. The number of hydrogen-bond donors (Lipinski definition) is 0. The molecule has 0 N–H and O–H groups in total. The molecule has 1 heterocycles. The van der Waals surface area contributed by atoms with Crippen LogP contribution in [0.15, 0.2) is 104 Å². The van der Waals surface area contributed by atoms with Gasteiger partial charge in [0.15, 0.2) is 76.0 Å². The normalized spacial score (nSPS) is 11.6. The third kappa shape index (κ3) is 8.54. The van der Waals surface area contributed by atoms with Gasteiger partial charge in [0, 0.05) is 5.56 Å². The molecule has 0 saturated carbocycles. The largest absolute Gasteiger partial charge is 0.287 e. The van der Waals surface area contributed by atoms with E-state index in [0.717, 1.165) is 11.3 Å². The molecule has 3 nitrogen and oxygen atoms in total. The number of carbonyl (C=O) groups is 1. The lowest BCUT2D eigenvalue weighted by Crippen LogP contribution is -2.81. The van der Waals surface area contributed by atoms with Crippen molar-refractivity contribution < 1.29 is 97.2 Å². The third-order valence-electron chi connectivity index (χ3n) is 12.3. The molecule has 24 heteroatoms. The van der Waals surface area contributed by atoms with Crippen LogP contribution in [0.5, 0.6) is 0 Å². The Labute approximate surface area is 406 Å². The second-order valence-electron chi connectivity index (χ2n) is 16.3. The molecule has 0 atom stereocenters. The zero-order chi connectivity index (χ0) is 54.7. The number of halogens is 20. The minimum absolute atomic E-state index is 0.0934. The highest BCUT2D eigenvalue weighted by Crippen LogP contribution is 2.32. The van der Waals surface area contributed by atoms with Gasteiger partial charge in [-0.15, -0.1) is 21.9 Å². The first-order valence-corrected chi connectivity index (χ1v) is 21.0. The predicted molar refractivity (Wildman–Crippen MR) is 229 cm³/mol. The van der Waals surface area contributed by atoms with Crippen molar-refractivity contribution in [3.05, 3.63) is 237 Å². The van der Waals surface area contributed by atoms with Crippen LogP contribution in [0.3, 0.4) is 0 Å². The van der Waals surface area contributed by atoms with E-state index in [9.17, 15) is 57.5 Å². The topological polar surface area (TPSA) is 33.8 Å². The Hall–Kier alpha value is -8.31. The Morgan fingerprint density at radius 2 is 0.707 bits per heavy atom. The number of hydrogen-bond acceptors (Lipinski definition) is 2. The number of fused-ring (bicyclic) bond motifs is 2. The maximum absolute atomic E-state index is 15.4. The Morgan fingerprint density at radius 3 is 1.05 bits per heavy atom. The first kappa shape index (κ1) is 53.0. The molecule has 1 aromatic heterocycles. The lowest BCUT2D eigenvalue weighted by atomic mass is 9.12. The van der Waals surface area contributed by atoms with Crippen molar-refractivity contribution in [3.63, 3.8) is 0 Å². The van der Waals surface area contributed by atoms with Crippen molar-refractivity contribution in [3.8, 4) is 0 Å². The maximum Gasteiger partial charge on any atom is 0.227 e. The number of aromatic nitrogens is 2. The van der Waals surface area contributed by atoms with Crippen molar-refractivity contribution in [2.75, 3.05) is 0 Å². The van der Waals surface area contributed by atoms with Gasteiger partial charge in [-0.05, 0) is 33.2 Å². The molecule has 0 aliphatic rings. The van der Waals surface area contributed by atoms with Gasteiger partial charge >= 0.3 is 0 Å². The molecule has 0 saturated heterocycles. The van der Waals surface area contributed by atoms with Crippen molar-refractivity contribution in [1.29, 1.82) is 0 Å². The Morgan fingerprint density at radius 1 is 0.400 bits per heavy atom. The van der Waals surface area contributed by atoms with Crippen molar-refractivity contribution >= 4 is 55.3 Å². The van der Waals surface area contributed by atoms with E-state index in [1.54, 1.807) is 6.20 Å². The van der Waals surface area contributed by atoms with Crippen LogP contribution in [0, 0.1) is 116 Å². The average molecular weight is 1070 g/mol. The summed E-state index contributed by atoms with van der Waals surface area (Å²) in [4.78, 5) is 17.2. The zero-order valence-corrected chi connectivity index (χ0v) is 36.7. The van der Waals surface area contributed by atoms with Crippen LogP contribution in [0.4, 0.5) is 87.8 Å². The van der Waals surface area contributed by atoms with E-state index in [-0.39, 0.29) is 5.78 Å². The van der Waals surface area contributed by atoms with Gasteiger partial charge in [-0.1, -0.05) is 78.9 Å². The number of carbonyl (C=O) groups excluding carboxylic acids is 1. The Kier molecular flexibility index (Phi) is 14.3. The van der Waals surface area contributed by atoms with Gasteiger partial charge in [0.2, 0.25) is 18.0 Å². The second-order valence-corrected chi connectivity index (χ2v) is 16.3. The number of nitrogens with zero attached hydrogens (tertiary/aromatic N) is 2. The van der Waals surface area contributed by atoms with Crippen LogP contribution < -0.4 is 26.4 Å². The molecule has 9 rings (SSSR count). The van der Waals surface area contributed by atoms with Crippen molar-refractivity contribution in [1.82, 2.24) is 4.98 Å². The first-order valence-electron chi connectivity index (χ1n) is 21.0. The Bertz CT molecular complexity index is 3390. The van der Waals surface area contributed by atoms with Crippen LogP contribution in [0.25, 0.3) is 21.5 Å². The van der Waals surface area contributed by atoms with E-state index in [1.165, 1.54) is 27.1 Å². The molecule has 0 spiro atoms. The molecular formula is C51H21BF20N2O.